The maximum absolute atomic E-state index is 6.15. The number of nitrogens with one attached hydrogen (secondary N) is 2. The Labute approximate surface area is 163 Å². The number of hydrogen-bond acceptors (Lipinski definition) is 2. The summed E-state index contributed by atoms with van der Waals surface area (Å²) in [5.41, 5.74) is 4.26. The molecule has 2 aromatic rings. The highest BCUT2D eigenvalue weighted by molar-refractivity contribution is 9.10. The van der Waals surface area contributed by atoms with Crippen molar-refractivity contribution in [2.24, 2.45) is 0 Å². The lowest BCUT2D eigenvalue weighted by molar-refractivity contribution is 0.0696. The van der Waals surface area contributed by atoms with Crippen molar-refractivity contribution in [3.63, 3.8) is 0 Å². The van der Waals surface area contributed by atoms with Crippen molar-refractivity contribution in [3.8, 4) is 5.75 Å². The molecule has 0 bridgehead atoms. The summed E-state index contributed by atoms with van der Waals surface area (Å²) < 4.78 is 7.24. The van der Waals surface area contributed by atoms with Gasteiger partial charge in [-0.25, -0.2) is 0 Å². The van der Waals surface area contributed by atoms with Gasteiger partial charge in [0.1, 0.15) is 11.4 Å². The summed E-state index contributed by atoms with van der Waals surface area (Å²) in [5.74, 6) is 0.941. The number of thiocarbonyl (C=S) groups is 1. The number of benzene rings is 2. The predicted molar refractivity (Wildman–Crippen MR) is 111 cm³/mol. The second kappa shape index (κ2) is 6.96. The van der Waals surface area contributed by atoms with Crippen molar-refractivity contribution in [2.75, 3.05) is 5.32 Å². The second-order valence-electron chi connectivity index (χ2n) is 7.22. The molecule has 1 unspecified atom stereocenters. The first-order valence-electron chi connectivity index (χ1n) is 8.37. The number of hydrogen-bond donors (Lipinski definition) is 2. The average Bonchev–Trinajstić information content (AvgIpc) is 2.49. The summed E-state index contributed by atoms with van der Waals surface area (Å²) in [6, 6.07) is 12.6. The largest absolute Gasteiger partial charge is 0.487 e. The van der Waals surface area contributed by atoms with Crippen molar-refractivity contribution in [2.45, 2.75) is 45.8 Å². The summed E-state index contributed by atoms with van der Waals surface area (Å²) in [6.07, 6.45) is 0.851. The Balaban J connectivity index is 1.77. The van der Waals surface area contributed by atoms with Gasteiger partial charge in [0.25, 0.3) is 0 Å². The van der Waals surface area contributed by atoms with Gasteiger partial charge in [0.15, 0.2) is 5.11 Å². The van der Waals surface area contributed by atoms with Crippen molar-refractivity contribution in [1.29, 1.82) is 0 Å². The molecule has 25 heavy (non-hydrogen) atoms. The fraction of sp³-hybridized carbons (Fsp3) is 0.350. The molecule has 0 aliphatic carbocycles. The van der Waals surface area contributed by atoms with Gasteiger partial charge in [0.05, 0.1) is 6.04 Å². The topological polar surface area (TPSA) is 33.3 Å². The van der Waals surface area contributed by atoms with Gasteiger partial charge in [-0.05, 0) is 75.3 Å². The van der Waals surface area contributed by atoms with E-state index >= 15 is 0 Å². The molecule has 0 radical (unpaired) electrons. The van der Waals surface area contributed by atoms with Crippen molar-refractivity contribution in [3.05, 3.63) is 57.6 Å². The predicted octanol–water partition coefficient (Wildman–Crippen LogP) is 5.65. The standard InChI is InChI=1S/C20H23BrN2OS/c1-12-5-7-15-17(11-20(3,4)24-18(15)9-12)23-19(25)22-14-6-8-16(21)13(2)10-14/h5-10,17H,11H2,1-4H3,(H2,22,23,25). The number of fused-ring (bicyclic) bond motifs is 1. The molecule has 0 aromatic heterocycles. The number of rotatable bonds is 2. The van der Waals surface area contributed by atoms with Crippen molar-refractivity contribution >= 4 is 38.9 Å². The van der Waals surface area contributed by atoms with Crippen molar-refractivity contribution < 1.29 is 4.74 Å². The minimum Gasteiger partial charge on any atom is -0.487 e. The fourth-order valence-electron chi connectivity index (χ4n) is 3.14. The molecule has 1 aliphatic rings. The van der Waals surface area contributed by atoms with Crippen LogP contribution in [0.1, 0.15) is 43.0 Å². The first kappa shape index (κ1) is 18.2. The van der Waals surface area contributed by atoms with Gasteiger partial charge < -0.3 is 15.4 Å². The van der Waals surface area contributed by atoms with Crippen LogP contribution in [0.4, 0.5) is 5.69 Å². The number of anilines is 1. The van der Waals surface area contributed by atoms with E-state index in [9.17, 15) is 0 Å². The van der Waals surface area contributed by atoms with Gasteiger partial charge >= 0.3 is 0 Å². The first-order valence-corrected chi connectivity index (χ1v) is 9.57. The van der Waals surface area contributed by atoms with E-state index in [1.165, 1.54) is 11.1 Å². The summed E-state index contributed by atoms with van der Waals surface area (Å²) in [4.78, 5) is 0. The van der Waals surface area contributed by atoms with Crippen LogP contribution in [0.2, 0.25) is 0 Å². The summed E-state index contributed by atoms with van der Waals surface area (Å²) in [5, 5.41) is 7.37. The molecule has 1 heterocycles. The van der Waals surface area contributed by atoms with E-state index < -0.39 is 0 Å². The Morgan fingerprint density at radius 2 is 1.96 bits per heavy atom. The van der Waals surface area contributed by atoms with Gasteiger partial charge in [-0.3, -0.25) is 0 Å². The average molecular weight is 419 g/mol. The molecular formula is C20H23BrN2OS. The molecule has 1 aliphatic heterocycles. The van der Waals surface area contributed by atoms with Gasteiger partial charge in [0.2, 0.25) is 0 Å². The van der Waals surface area contributed by atoms with Crippen LogP contribution in [0.25, 0.3) is 0 Å². The van der Waals surface area contributed by atoms with E-state index in [0.717, 1.165) is 27.9 Å². The zero-order valence-corrected chi connectivity index (χ0v) is 17.3. The summed E-state index contributed by atoms with van der Waals surface area (Å²) in [7, 11) is 0. The Morgan fingerprint density at radius 1 is 1.20 bits per heavy atom. The van der Waals surface area contributed by atoms with E-state index in [0.29, 0.717) is 5.11 Å². The Morgan fingerprint density at radius 3 is 2.68 bits per heavy atom. The molecule has 3 rings (SSSR count). The molecule has 3 nitrogen and oxygen atoms in total. The van der Waals surface area contributed by atoms with E-state index in [1.54, 1.807) is 0 Å². The van der Waals surface area contributed by atoms with Gasteiger partial charge in [-0.15, -0.1) is 0 Å². The van der Waals surface area contributed by atoms with Crippen molar-refractivity contribution in [1.82, 2.24) is 5.32 Å². The molecule has 1 atom stereocenters. The molecule has 0 fully saturated rings. The van der Waals surface area contributed by atoms with E-state index in [-0.39, 0.29) is 11.6 Å². The van der Waals surface area contributed by atoms with Gasteiger partial charge in [0, 0.05) is 22.1 Å². The lowest BCUT2D eigenvalue weighted by atomic mass is 9.89. The maximum atomic E-state index is 6.15. The molecular weight excluding hydrogens is 396 g/mol. The molecule has 2 aromatic carbocycles. The fourth-order valence-corrected chi connectivity index (χ4v) is 3.64. The van der Waals surface area contributed by atoms with Crippen LogP contribution in [-0.2, 0) is 0 Å². The van der Waals surface area contributed by atoms with E-state index in [4.69, 9.17) is 17.0 Å². The third-order valence-electron chi connectivity index (χ3n) is 4.35. The van der Waals surface area contributed by atoms with E-state index in [1.807, 2.05) is 12.1 Å². The minimum absolute atomic E-state index is 0.121. The van der Waals surface area contributed by atoms with Gasteiger partial charge in [-0.1, -0.05) is 28.1 Å². The second-order valence-corrected chi connectivity index (χ2v) is 8.48. The van der Waals surface area contributed by atoms with Crippen LogP contribution in [0.3, 0.4) is 0 Å². The smallest absolute Gasteiger partial charge is 0.171 e. The first-order chi connectivity index (χ1) is 11.7. The zero-order chi connectivity index (χ0) is 18.2. The maximum Gasteiger partial charge on any atom is 0.171 e. The van der Waals surface area contributed by atoms with Crippen LogP contribution in [0.5, 0.6) is 5.75 Å². The van der Waals surface area contributed by atoms with Crippen LogP contribution in [0.15, 0.2) is 40.9 Å². The van der Waals surface area contributed by atoms with Crippen LogP contribution < -0.4 is 15.4 Å². The van der Waals surface area contributed by atoms with Crippen LogP contribution >= 0.6 is 28.1 Å². The molecule has 132 valence electrons. The number of ether oxygens (including phenoxy) is 1. The zero-order valence-electron chi connectivity index (χ0n) is 14.9. The molecule has 2 N–H and O–H groups in total. The highest BCUT2D eigenvalue weighted by Crippen LogP contribution is 2.39. The Kier molecular flexibility index (Phi) is 5.07. The summed E-state index contributed by atoms with van der Waals surface area (Å²) >= 11 is 9.07. The third-order valence-corrected chi connectivity index (χ3v) is 5.46. The SMILES string of the molecule is Cc1ccc2c(c1)OC(C)(C)CC2NC(=S)Nc1ccc(Br)c(C)c1. The number of aryl methyl sites for hydroxylation is 2. The van der Waals surface area contributed by atoms with Gasteiger partial charge in [-0.2, -0.15) is 0 Å². The third kappa shape index (κ3) is 4.33. The lowest BCUT2D eigenvalue weighted by Gasteiger charge is -2.38. The monoisotopic (exact) mass is 418 g/mol. The lowest BCUT2D eigenvalue weighted by Crippen LogP contribution is -2.42. The molecule has 0 amide bonds. The normalized spacial score (nSPS) is 18.0. The molecule has 5 heteroatoms. The highest BCUT2D eigenvalue weighted by atomic mass is 79.9. The molecule has 0 spiro atoms. The minimum atomic E-state index is -0.234. The number of halogens is 1. The highest BCUT2D eigenvalue weighted by Gasteiger charge is 2.34. The van der Waals surface area contributed by atoms with E-state index in [2.05, 4.69) is 78.5 Å². The van der Waals surface area contributed by atoms with Crippen LogP contribution in [0, 0.1) is 13.8 Å². The molecule has 0 saturated heterocycles. The Hall–Kier alpha value is -1.59. The quantitative estimate of drug-likeness (QED) is 0.616. The molecule has 0 saturated carbocycles. The van der Waals surface area contributed by atoms with Crippen LogP contribution in [-0.4, -0.2) is 10.7 Å². The Bertz CT molecular complexity index is 819. The summed E-state index contributed by atoms with van der Waals surface area (Å²) in [6.45, 7) is 8.37.